The number of carbonyl (C=O) groups is 1. The molecule has 1 fully saturated rings. The number of amides is 1. The number of carbonyl (C=O) groups excluding carboxylic acids is 1. The first-order chi connectivity index (χ1) is 11.6. The van der Waals surface area contributed by atoms with Crippen LogP contribution < -0.4 is 5.32 Å². The molecular weight excluding hydrogens is 302 g/mol. The van der Waals surface area contributed by atoms with E-state index in [2.05, 4.69) is 27.1 Å². The molecule has 0 bridgehead atoms. The second-order valence-electron chi connectivity index (χ2n) is 6.70. The third kappa shape index (κ3) is 4.33. The van der Waals surface area contributed by atoms with Gasteiger partial charge in [-0.1, -0.05) is 0 Å². The maximum Gasteiger partial charge on any atom is 0.271 e. The minimum Gasteiger partial charge on any atom is -0.351 e. The number of pyridine rings is 1. The molecule has 1 amide bonds. The standard InChI is InChI=1S/C18H27N5O/c1-15-5-8-23-14-16(20-17(23)13-15)18(24)19-6-3-4-7-22-11-9-21(2)10-12-22/h5,8,13-14H,3-4,6-7,9-12H2,1-2H3,(H,19,24). The van der Waals surface area contributed by atoms with Crippen LogP contribution in [0.15, 0.2) is 24.5 Å². The molecule has 0 saturated carbocycles. The molecule has 0 atom stereocenters. The van der Waals surface area contributed by atoms with Crippen LogP contribution in [-0.4, -0.2) is 71.4 Å². The number of imidazole rings is 1. The molecule has 2 aromatic heterocycles. The second kappa shape index (κ2) is 7.77. The van der Waals surface area contributed by atoms with Crippen molar-refractivity contribution in [3.8, 4) is 0 Å². The fourth-order valence-corrected chi connectivity index (χ4v) is 3.02. The molecule has 130 valence electrons. The number of hydrogen-bond acceptors (Lipinski definition) is 4. The van der Waals surface area contributed by atoms with E-state index >= 15 is 0 Å². The summed E-state index contributed by atoms with van der Waals surface area (Å²) >= 11 is 0. The van der Waals surface area contributed by atoms with Crippen molar-refractivity contribution in [1.29, 1.82) is 0 Å². The fourth-order valence-electron chi connectivity index (χ4n) is 3.02. The number of aryl methyl sites for hydroxylation is 1. The molecule has 1 N–H and O–H groups in total. The van der Waals surface area contributed by atoms with Gasteiger partial charge in [0.15, 0.2) is 0 Å². The van der Waals surface area contributed by atoms with Gasteiger partial charge in [0.2, 0.25) is 0 Å². The lowest BCUT2D eigenvalue weighted by molar-refractivity contribution is 0.0947. The van der Waals surface area contributed by atoms with E-state index in [1.165, 1.54) is 0 Å². The van der Waals surface area contributed by atoms with E-state index in [-0.39, 0.29) is 5.91 Å². The van der Waals surface area contributed by atoms with Crippen LogP contribution in [0.25, 0.3) is 5.65 Å². The molecule has 2 aromatic rings. The van der Waals surface area contributed by atoms with Crippen LogP contribution in [0.1, 0.15) is 28.9 Å². The Morgan fingerprint density at radius 2 is 2.04 bits per heavy atom. The van der Waals surface area contributed by atoms with E-state index < -0.39 is 0 Å². The molecule has 24 heavy (non-hydrogen) atoms. The van der Waals surface area contributed by atoms with Crippen LogP contribution in [0.2, 0.25) is 0 Å². The maximum absolute atomic E-state index is 12.2. The third-order valence-corrected chi connectivity index (χ3v) is 4.63. The van der Waals surface area contributed by atoms with Gasteiger partial charge in [-0.05, 0) is 51.1 Å². The first-order valence-electron chi connectivity index (χ1n) is 8.76. The van der Waals surface area contributed by atoms with E-state index in [9.17, 15) is 4.79 Å². The van der Waals surface area contributed by atoms with Gasteiger partial charge in [0.1, 0.15) is 11.3 Å². The number of piperazine rings is 1. The number of nitrogens with zero attached hydrogens (tertiary/aromatic N) is 4. The maximum atomic E-state index is 12.2. The van der Waals surface area contributed by atoms with Crippen molar-refractivity contribution in [2.24, 2.45) is 0 Å². The summed E-state index contributed by atoms with van der Waals surface area (Å²) in [6, 6.07) is 3.99. The summed E-state index contributed by atoms with van der Waals surface area (Å²) in [5.74, 6) is -0.0871. The van der Waals surface area contributed by atoms with E-state index in [4.69, 9.17) is 0 Å². The molecule has 0 spiro atoms. The summed E-state index contributed by atoms with van der Waals surface area (Å²) in [5.41, 5.74) is 2.44. The van der Waals surface area contributed by atoms with E-state index in [1.807, 2.05) is 29.7 Å². The molecule has 1 aliphatic rings. The number of fused-ring (bicyclic) bond motifs is 1. The van der Waals surface area contributed by atoms with Gasteiger partial charge in [-0.2, -0.15) is 0 Å². The Hall–Kier alpha value is -1.92. The van der Waals surface area contributed by atoms with Gasteiger partial charge in [-0.15, -0.1) is 0 Å². The average Bonchev–Trinajstić information content (AvgIpc) is 2.99. The van der Waals surface area contributed by atoms with Gasteiger partial charge in [0.05, 0.1) is 0 Å². The zero-order valence-corrected chi connectivity index (χ0v) is 14.7. The van der Waals surface area contributed by atoms with Gasteiger partial charge < -0.3 is 19.5 Å². The summed E-state index contributed by atoms with van der Waals surface area (Å²) in [6.07, 6.45) is 5.84. The van der Waals surface area contributed by atoms with Crippen molar-refractivity contribution in [1.82, 2.24) is 24.5 Å². The zero-order chi connectivity index (χ0) is 16.9. The van der Waals surface area contributed by atoms with Crippen molar-refractivity contribution in [3.05, 3.63) is 35.8 Å². The third-order valence-electron chi connectivity index (χ3n) is 4.63. The number of aromatic nitrogens is 2. The van der Waals surface area contributed by atoms with Crippen LogP contribution in [0.3, 0.4) is 0 Å². The minimum atomic E-state index is -0.0871. The molecule has 0 unspecified atom stereocenters. The first kappa shape index (κ1) is 16.9. The summed E-state index contributed by atoms with van der Waals surface area (Å²) in [4.78, 5) is 21.5. The van der Waals surface area contributed by atoms with E-state index in [0.717, 1.165) is 56.8 Å². The lowest BCUT2D eigenvalue weighted by Gasteiger charge is -2.32. The lowest BCUT2D eigenvalue weighted by Crippen LogP contribution is -2.44. The smallest absolute Gasteiger partial charge is 0.271 e. The Bertz CT molecular complexity index is 688. The highest BCUT2D eigenvalue weighted by molar-refractivity contribution is 5.92. The molecule has 3 rings (SSSR count). The molecule has 0 aliphatic carbocycles. The topological polar surface area (TPSA) is 52.9 Å². The van der Waals surface area contributed by atoms with Crippen LogP contribution in [-0.2, 0) is 0 Å². The van der Waals surface area contributed by atoms with Crippen LogP contribution in [0.4, 0.5) is 0 Å². The zero-order valence-electron chi connectivity index (χ0n) is 14.7. The Kier molecular flexibility index (Phi) is 5.48. The first-order valence-corrected chi connectivity index (χ1v) is 8.76. The van der Waals surface area contributed by atoms with Crippen LogP contribution in [0, 0.1) is 6.92 Å². The molecule has 0 radical (unpaired) electrons. The Balaban J connectivity index is 1.39. The highest BCUT2D eigenvalue weighted by atomic mass is 16.1. The van der Waals surface area contributed by atoms with Crippen molar-refractivity contribution < 1.29 is 4.79 Å². The monoisotopic (exact) mass is 329 g/mol. The largest absolute Gasteiger partial charge is 0.351 e. The molecule has 0 aromatic carbocycles. The van der Waals surface area contributed by atoms with Gasteiger partial charge in [0.25, 0.3) is 5.91 Å². The molecule has 6 heteroatoms. The SMILES string of the molecule is Cc1ccn2cc(C(=O)NCCCCN3CCN(C)CC3)nc2c1. The van der Waals surface area contributed by atoms with Gasteiger partial charge in [-0.3, -0.25) is 4.79 Å². The van der Waals surface area contributed by atoms with Crippen molar-refractivity contribution in [2.45, 2.75) is 19.8 Å². The fraction of sp³-hybridized carbons (Fsp3) is 0.556. The Morgan fingerprint density at radius 1 is 1.25 bits per heavy atom. The van der Waals surface area contributed by atoms with Crippen molar-refractivity contribution in [3.63, 3.8) is 0 Å². The lowest BCUT2D eigenvalue weighted by atomic mass is 10.2. The highest BCUT2D eigenvalue weighted by Crippen LogP contribution is 2.07. The second-order valence-corrected chi connectivity index (χ2v) is 6.70. The number of hydrogen-bond donors (Lipinski definition) is 1. The summed E-state index contributed by atoms with van der Waals surface area (Å²) in [7, 11) is 2.17. The van der Waals surface area contributed by atoms with Crippen molar-refractivity contribution in [2.75, 3.05) is 46.3 Å². The van der Waals surface area contributed by atoms with Crippen LogP contribution in [0.5, 0.6) is 0 Å². The van der Waals surface area contributed by atoms with Crippen LogP contribution >= 0.6 is 0 Å². The van der Waals surface area contributed by atoms with Crippen molar-refractivity contribution >= 4 is 11.6 Å². The van der Waals surface area contributed by atoms with E-state index in [0.29, 0.717) is 12.2 Å². The average molecular weight is 329 g/mol. The molecule has 6 nitrogen and oxygen atoms in total. The molecule has 1 saturated heterocycles. The predicted octanol–water partition coefficient (Wildman–Crippen LogP) is 1.40. The molecular formula is C18H27N5O. The minimum absolute atomic E-state index is 0.0871. The van der Waals surface area contributed by atoms with Gasteiger partial charge >= 0.3 is 0 Å². The summed E-state index contributed by atoms with van der Waals surface area (Å²) < 4.78 is 1.88. The summed E-state index contributed by atoms with van der Waals surface area (Å²) in [5, 5.41) is 2.98. The molecule has 1 aliphatic heterocycles. The number of nitrogens with one attached hydrogen (secondary N) is 1. The quantitative estimate of drug-likeness (QED) is 0.814. The molecule has 3 heterocycles. The normalized spacial score (nSPS) is 16.6. The number of unbranched alkanes of at least 4 members (excludes halogenated alkanes) is 1. The van der Waals surface area contributed by atoms with Gasteiger partial charge in [0, 0.05) is 45.1 Å². The number of rotatable bonds is 6. The van der Waals surface area contributed by atoms with E-state index in [1.54, 1.807) is 6.20 Å². The Morgan fingerprint density at radius 3 is 2.83 bits per heavy atom. The highest BCUT2D eigenvalue weighted by Gasteiger charge is 2.13. The number of likely N-dealkylation sites (N-methyl/N-ethyl adjacent to an activating group) is 1. The predicted molar refractivity (Wildman–Crippen MR) is 95.4 cm³/mol. The summed E-state index contributed by atoms with van der Waals surface area (Å²) in [6.45, 7) is 8.48. The van der Waals surface area contributed by atoms with Gasteiger partial charge in [-0.25, -0.2) is 4.98 Å². The Labute approximate surface area is 143 Å².